The van der Waals surface area contributed by atoms with E-state index in [1.165, 1.54) is 27.0 Å². The second-order valence-corrected chi connectivity index (χ2v) is 7.39. The fourth-order valence-corrected chi connectivity index (χ4v) is 2.16. The van der Waals surface area contributed by atoms with Crippen molar-refractivity contribution in [2.24, 2.45) is 0 Å². The van der Waals surface area contributed by atoms with Gasteiger partial charge in [0.05, 0.1) is 24.6 Å². The van der Waals surface area contributed by atoms with Gasteiger partial charge in [-0.05, 0) is 40.7 Å². The number of ether oxygens (including phenoxy) is 2. The van der Waals surface area contributed by atoms with Gasteiger partial charge in [0.25, 0.3) is 0 Å². The summed E-state index contributed by atoms with van der Waals surface area (Å²) < 4.78 is 9.72. The minimum Gasteiger partial charge on any atom is -0.467 e. The first kappa shape index (κ1) is 24.8. The molecule has 3 N–H and O–H groups in total. The number of hydrogen-bond acceptors (Lipinski definition) is 10. The average molecular weight is 425 g/mol. The van der Waals surface area contributed by atoms with Crippen LogP contribution < -0.4 is 16.0 Å². The van der Waals surface area contributed by atoms with Gasteiger partial charge in [-0.25, -0.2) is 9.78 Å². The summed E-state index contributed by atoms with van der Waals surface area (Å²) in [5.74, 6) is -1.85. The molecular weight excluding hydrogens is 398 g/mol. The lowest BCUT2D eigenvalue weighted by atomic mass is 10.2. The van der Waals surface area contributed by atoms with E-state index in [4.69, 9.17) is 4.74 Å². The van der Waals surface area contributed by atoms with Crippen molar-refractivity contribution in [3.05, 3.63) is 22.2 Å². The number of carbonyl (C=O) groups is 3. The zero-order valence-corrected chi connectivity index (χ0v) is 17.8. The Morgan fingerprint density at radius 3 is 2.37 bits per heavy atom. The minimum atomic E-state index is -0.901. The molecule has 0 aliphatic heterocycles. The first-order valence-corrected chi connectivity index (χ1v) is 9.10. The number of nitrogens with zero attached hydrogens (tertiary/aromatic N) is 2. The zero-order valence-electron chi connectivity index (χ0n) is 17.8. The van der Waals surface area contributed by atoms with Crippen molar-refractivity contribution in [2.75, 3.05) is 24.3 Å². The van der Waals surface area contributed by atoms with Crippen molar-refractivity contribution in [3.8, 4) is 0 Å². The van der Waals surface area contributed by atoms with E-state index < -0.39 is 40.5 Å². The van der Waals surface area contributed by atoms with Crippen LogP contribution in [0.3, 0.4) is 0 Å². The summed E-state index contributed by atoms with van der Waals surface area (Å²) in [6.45, 7) is 7.99. The molecule has 0 saturated heterocycles. The molecule has 2 atom stereocenters. The Bertz CT molecular complexity index is 807. The summed E-state index contributed by atoms with van der Waals surface area (Å²) in [4.78, 5) is 50.2. The van der Waals surface area contributed by atoms with E-state index in [9.17, 15) is 24.5 Å². The molecule has 1 amide bonds. The Morgan fingerprint density at radius 1 is 1.20 bits per heavy atom. The van der Waals surface area contributed by atoms with E-state index in [0.29, 0.717) is 0 Å². The molecule has 0 fully saturated rings. The van der Waals surface area contributed by atoms with Crippen LogP contribution in [0, 0.1) is 10.1 Å². The molecule has 12 heteroatoms. The van der Waals surface area contributed by atoms with Crippen LogP contribution in [-0.4, -0.2) is 59.1 Å². The number of amides is 1. The van der Waals surface area contributed by atoms with Gasteiger partial charge in [0.15, 0.2) is 0 Å². The minimum absolute atomic E-state index is 0.0242. The Labute approximate surface area is 173 Å². The van der Waals surface area contributed by atoms with Gasteiger partial charge in [-0.1, -0.05) is 0 Å². The molecule has 30 heavy (non-hydrogen) atoms. The fraction of sp³-hybridized carbons (Fsp3) is 0.556. The molecule has 1 aromatic rings. The lowest BCUT2D eigenvalue weighted by Crippen LogP contribution is -2.42. The van der Waals surface area contributed by atoms with Crippen molar-refractivity contribution >= 4 is 35.2 Å². The molecule has 1 rings (SSSR count). The van der Waals surface area contributed by atoms with Gasteiger partial charge in [-0.15, -0.1) is 0 Å². The molecule has 1 aromatic heterocycles. The standard InChI is InChI=1S/C18H27N5O7/c1-10(19-9-14(24)30-18(3,4)5)16(25)22-13-8-7-12(23(27)28)15(21-13)20-11(2)17(26)29-6/h7-8,10-11,19H,9H2,1-6H3,(H2,20,21,22,25)/t10-,11-/m0/s1. The van der Waals surface area contributed by atoms with Gasteiger partial charge in [0.2, 0.25) is 11.7 Å². The Morgan fingerprint density at radius 2 is 1.83 bits per heavy atom. The summed E-state index contributed by atoms with van der Waals surface area (Å²) >= 11 is 0. The fourth-order valence-electron chi connectivity index (χ4n) is 2.16. The molecule has 1 heterocycles. The SMILES string of the molecule is COC(=O)[C@H](C)Nc1nc(NC(=O)[C@H](C)NCC(=O)OC(C)(C)C)ccc1[N+](=O)[O-]. The maximum Gasteiger partial charge on any atom is 0.328 e. The lowest BCUT2D eigenvalue weighted by molar-refractivity contribution is -0.384. The normalized spacial score (nSPS) is 13.0. The molecule has 0 radical (unpaired) electrons. The lowest BCUT2D eigenvalue weighted by Gasteiger charge is -2.20. The number of pyridine rings is 1. The van der Waals surface area contributed by atoms with Gasteiger partial charge in [0, 0.05) is 6.07 Å². The number of methoxy groups -OCH3 is 1. The van der Waals surface area contributed by atoms with Crippen molar-refractivity contribution < 1.29 is 28.8 Å². The van der Waals surface area contributed by atoms with E-state index in [1.54, 1.807) is 20.8 Å². The predicted molar refractivity (Wildman–Crippen MR) is 108 cm³/mol. The molecule has 0 spiro atoms. The number of carbonyl (C=O) groups excluding carboxylic acids is 3. The number of hydrogen-bond donors (Lipinski definition) is 3. The van der Waals surface area contributed by atoms with E-state index in [0.717, 1.165) is 6.07 Å². The third-order valence-electron chi connectivity index (χ3n) is 3.60. The van der Waals surface area contributed by atoms with Crippen molar-refractivity contribution in [1.29, 1.82) is 0 Å². The molecule has 166 valence electrons. The summed E-state index contributed by atoms with van der Waals surface area (Å²) in [6, 6.07) is 0.722. The Balaban J connectivity index is 2.83. The van der Waals surface area contributed by atoms with Crippen LogP contribution >= 0.6 is 0 Å². The van der Waals surface area contributed by atoms with E-state index >= 15 is 0 Å². The maximum atomic E-state index is 12.3. The van der Waals surface area contributed by atoms with Crippen LogP contribution in [0.4, 0.5) is 17.3 Å². The smallest absolute Gasteiger partial charge is 0.328 e. The van der Waals surface area contributed by atoms with Crippen LogP contribution in [0.1, 0.15) is 34.6 Å². The zero-order chi connectivity index (χ0) is 23.1. The second kappa shape index (κ2) is 10.5. The summed E-state index contributed by atoms with van der Waals surface area (Å²) in [7, 11) is 1.19. The highest BCUT2D eigenvalue weighted by Crippen LogP contribution is 2.25. The van der Waals surface area contributed by atoms with Gasteiger partial charge >= 0.3 is 17.6 Å². The molecule has 0 unspecified atom stereocenters. The monoisotopic (exact) mass is 425 g/mol. The molecule has 0 aromatic carbocycles. The number of nitro groups is 1. The number of nitrogens with one attached hydrogen (secondary N) is 3. The van der Waals surface area contributed by atoms with Gasteiger partial charge < -0.3 is 20.1 Å². The summed E-state index contributed by atoms with van der Waals surface area (Å²) in [6.07, 6.45) is 0. The third-order valence-corrected chi connectivity index (χ3v) is 3.60. The predicted octanol–water partition coefficient (Wildman–Crippen LogP) is 1.22. The summed E-state index contributed by atoms with van der Waals surface area (Å²) in [5.41, 5.74) is -1.02. The van der Waals surface area contributed by atoms with Crippen molar-refractivity contribution in [1.82, 2.24) is 10.3 Å². The van der Waals surface area contributed by atoms with E-state index in [2.05, 4.69) is 25.7 Å². The molecule has 0 aliphatic carbocycles. The molecule has 0 saturated carbocycles. The number of esters is 2. The molecule has 0 aliphatic rings. The first-order valence-electron chi connectivity index (χ1n) is 9.10. The highest BCUT2D eigenvalue weighted by molar-refractivity contribution is 5.94. The summed E-state index contributed by atoms with van der Waals surface area (Å²) in [5, 5.41) is 19.0. The quantitative estimate of drug-likeness (QED) is 0.298. The highest BCUT2D eigenvalue weighted by atomic mass is 16.6. The van der Waals surface area contributed by atoms with Gasteiger partial charge in [0.1, 0.15) is 17.5 Å². The van der Waals surface area contributed by atoms with Crippen molar-refractivity contribution in [2.45, 2.75) is 52.3 Å². The molecule has 0 bridgehead atoms. The second-order valence-electron chi connectivity index (χ2n) is 7.39. The van der Waals surface area contributed by atoms with Gasteiger partial charge in [-0.2, -0.15) is 0 Å². The van der Waals surface area contributed by atoms with Crippen LogP contribution in [0.5, 0.6) is 0 Å². The Kier molecular flexibility index (Phi) is 8.65. The average Bonchev–Trinajstić information content (AvgIpc) is 2.63. The van der Waals surface area contributed by atoms with Gasteiger partial charge in [-0.3, -0.25) is 25.0 Å². The van der Waals surface area contributed by atoms with E-state index in [-0.39, 0.29) is 23.9 Å². The maximum absolute atomic E-state index is 12.3. The van der Waals surface area contributed by atoms with Crippen LogP contribution in [0.15, 0.2) is 12.1 Å². The topological polar surface area (TPSA) is 162 Å². The largest absolute Gasteiger partial charge is 0.467 e. The Hall–Kier alpha value is -3.28. The first-order chi connectivity index (χ1) is 13.8. The number of aromatic nitrogens is 1. The molecule has 12 nitrogen and oxygen atoms in total. The van der Waals surface area contributed by atoms with Crippen LogP contribution in [0.2, 0.25) is 0 Å². The number of rotatable bonds is 9. The molecular formula is C18H27N5O7. The van der Waals surface area contributed by atoms with E-state index in [1.807, 2.05) is 0 Å². The van der Waals surface area contributed by atoms with Crippen LogP contribution in [-0.2, 0) is 23.9 Å². The highest BCUT2D eigenvalue weighted by Gasteiger charge is 2.23. The van der Waals surface area contributed by atoms with Crippen molar-refractivity contribution in [3.63, 3.8) is 0 Å². The number of anilines is 2. The third kappa shape index (κ3) is 7.99. The van der Waals surface area contributed by atoms with Crippen LogP contribution in [0.25, 0.3) is 0 Å².